The molecule has 2 atom stereocenters. The first-order valence-electron chi connectivity index (χ1n) is 3.34. The molecule has 1 heterocycles. The quantitative estimate of drug-likeness (QED) is 0.393. The summed E-state index contributed by atoms with van der Waals surface area (Å²) < 4.78 is 0. The van der Waals surface area contributed by atoms with Gasteiger partial charge in [-0.1, -0.05) is 0 Å². The molecule has 0 radical (unpaired) electrons. The molecular formula is C6H11NO3. The molecule has 4 heteroatoms. The van der Waals surface area contributed by atoms with Gasteiger partial charge in [-0.15, -0.1) is 0 Å². The molecule has 0 saturated carbocycles. The molecule has 0 aromatic rings. The molecule has 1 aliphatic rings. The number of ketones is 1. The van der Waals surface area contributed by atoms with Crippen molar-refractivity contribution in [3.8, 4) is 0 Å². The second-order valence-corrected chi connectivity index (χ2v) is 2.41. The molecule has 0 spiro atoms. The van der Waals surface area contributed by atoms with Gasteiger partial charge in [0.2, 0.25) is 0 Å². The van der Waals surface area contributed by atoms with Gasteiger partial charge in [-0.2, -0.15) is 0 Å². The Balaban J connectivity index is 2.55. The highest BCUT2D eigenvalue weighted by atomic mass is 16.3. The highest BCUT2D eigenvalue weighted by Crippen LogP contribution is 2.03. The zero-order valence-electron chi connectivity index (χ0n) is 5.58. The normalized spacial score (nSPS) is 35.6. The lowest BCUT2D eigenvalue weighted by Gasteiger charge is -2.12. The number of carbonyl (C=O) groups is 1. The molecule has 1 aliphatic heterocycles. The average molecular weight is 145 g/mol. The van der Waals surface area contributed by atoms with E-state index in [1.165, 1.54) is 0 Å². The van der Waals surface area contributed by atoms with Crippen LogP contribution >= 0.6 is 0 Å². The minimum Gasteiger partial charge on any atom is -0.381 e. The Morgan fingerprint density at radius 1 is 1.50 bits per heavy atom. The third kappa shape index (κ3) is 1.53. The Morgan fingerprint density at radius 3 is 2.90 bits per heavy atom. The van der Waals surface area contributed by atoms with Crippen molar-refractivity contribution >= 4 is 5.78 Å². The monoisotopic (exact) mass is 145 g/mol. The van der Waals surface area contributed by atoms with Gasteiger partial charge in [-0.25, -0.2) is 0 Å². The van der Waals surface area contributed by atoms with Gasteiger partial charge < -0.3 is 10.2 Å². The molecule has 4 nitrogen and oxygen atoms in total. The Kier molecular flexibility index (Phi) is 2.37. The summed E-state index contributed by atoms with van der Waals surface area (Å²) in [5.74, 6) is -0.280. The molecule has 1 saturated heterocycles. The smallest absolute Gasteiger partial charge is 0.165 e. The van der Waals surface area contributed by atoms with E-state index in [1.807, 2.05) is 0 Å². The first kappa shape index (κ1) is 7.65. The number of aliphatic hydroxyl groups excluding tert-OH is 2. The highest BCUT2D eigenvalue weighted by molar-refractivity contribution is 5.83. The zero-order chi connectivity index (χ0) is 7.56. The lowest BCUT2D eigenvalue weighted by molar-refractivity contribution is -0.132. The first-order chi connectivity index (χ1) is 4.72. The van der Waals surface area contributed by atoms with Gasteiger partial charge in [0.1, 0.15) is 6.23 Å². The summed E-state index contributed by atoms with van der Waals surface area (Å²) in [6, 6.07) is 0. The summed E-state index contributed by atoms with van der Waals surface area (Å²) in [6.07, 6.45) is -1.27. The van der Waals surface area contributed by atoms with E-state index in [4.69, 9.17) is 10.2 Å². The molecule has 2 unspecified atom stereocenters. The van der Waals surface area contributed by atoms with E-state index >= 15 is 0 Å². The van der Waals surface area contributed by atoms with Gasteiger partial charge in [0.15, 0.2) is 11.9 Å². The minimum atomic E-state index is -1.23. The Bertz CT molecular complexity index is 137. The van der Waals surface area contributed by atoms with E-state index in [-0.39, 0.29) is 5.78 Å². The van der Waals surface area contributed by atoms with Crippen LogP contribution in [0.2, 0.25) is 0 Å². The van der Waals surface area contributed by atoms with E-state index < -0.39 is 12.3 Å². The van der Waals surface area contributed by atoms with Crippen LogP contribution in [0.3, 0.4) is 0 Å². The van der Waals surface area contributed by atoms with Crippen LogP contribution in [0, 0.1) is 0 Å². The number of Topliss-reactive ketones (excluding diaryl/α,β-unsaturated/α-hetero) is 1. The first-order valence-corrected chi connectivity index (χ1v) is 3.34. The van der Waals surface area contributed by atoms with Crippen molar-refractivity contribution in [1.82, 2.24) is 5.32 Å². The predicted octanol–water partition coefficient (Wildman–Crippen LogP) is -1.38. The molecule has 10 heavy (non-hydrogen) atoms. The second kappa shape index (κ2) is 3.09. The lowest BCUT2D eigenvalue weighted by atomic mass is 10.1. The van der Waals surface area contributed by atoms with E-state index in [0.29, 0.717) is 19.4 Å². The van der Waals surface area contributed by atoms with Crippen molar-refractivity contribution < 1.29 is 15.0 Å². The van der Waals surface area contributed by atoms with Crippen molar-refractivity contribution in [3.05, 3.63) is 0 Å². The SMILES string of the molecule is O=C1CCCNC(O)C1O. The van der Waals surface area contributed by atoms with Crippen LogP contribution in [0.15, 0.2) is 0 Å². The predicted molar refractivity (Wildman–Crippen MR) is 34.3 cm³/mol. The van der Waals surface area contributed by atoms with Crippen molar-refractivity contribution in [2.75, 3.05) is 6.54 Å². The van der Waals surface area contributed by atoms with Gasteiger partial charge in [-0.3, -0.25) is 10.1 Å². The topological polar surface area (TPSA) is 69.6 Å². The lowest BCUT2D eigenvalue weighted by Crippen LogP contribution is -2.41. The molecule has 0 aliphatic carbocycles. The summed E-state index contributed by atoms with van der Waals surface area (Å²) >= 11 is 0. The van der Waals surface area contributed by atoms with Crippen molar-refractivity contribution in [1.29, 1.82) is 0 Å². The van der Waals surface area contributed by atoms with E-state index in [2.05, 4.69) is 5.32 Å². The summed E-state index contributed by atoms with van der Waals surface area (Å²) in [4.78, 5) is 10.8. The number of hydrogen-bond donors (Lipinski definition) is 3. The Hall–Kier alpha value is -0.450. The van der Waals surface area contributed by atoms with Gasteiger partial charge in [0, 0.05) is 6.42 Å². The molecule has 0 aromatic heterocycles. The van der Waals surface area contributed by atoms with Crippen LogP contribution in [0.1, 0.15) is 12.8 Å². The van der Waals surface area contributed by atoms with Crippen LogP contribution in [0.25, 0.3) is 0 Å². The highest BCUT2D eigenvalue weighted by Gasteiger charge is 2.25. The molecule has 1 fully saturated rings. The van der Waals surface area contributed by atoms with Gasteiger partial charge >= 0.3 is 0 Å². The summed E-state index contributed by atoms with van der Waals surface area (Å²) in [5.41, 5.74) is 0. The van der Waals surface area contributed by atoms with E-state index in [9.17, 15) is 4.79 Å². The maximum atomic E-state index is 10.8. The fourth-order valence-corrected chi connectivity index (χ4v) is 0.948. The van der Waals surface area contributed by atoms with Crippen molar-refractivity contribution in [2.45, 2.75) is 25.2 Å². The fraction of sp³-hybridized carbons (Fsp3) is 0.833. The molecule has 58 valence electrons. The van der Waals surface area contributed by atoms with Crippen LogP contribution in [0.4, 0.5) is 0 Å². The van der Waals surface area contributed by atoms with Gasteiger partial charge in [-0.05, 0) is 13.0 Å². The maximum Gasteiger partial charge on any atom is 0.165 e. The molecule has 0 amide bonds. The van der Waals surface area contributed by atoms with Gasteiger partial charge in [0.25, 0.3) is 0 Å². The Morgan fingerprint density at radius 2 is 2.20 bits per heavy atom. The number of aliphatic hydroxyl groups is 2. The van der Waals surface area contributed by atoms with Crippen LogP contribution in [-0.2, 0) is 4.79 Å². The Labute approximate surface area is 58.9 Å². The number of carbonyl (C=O) groups excluding carboxylic acids is 1. The number of rotatable bonds is 0. The average Bonchev–Trinajstić information content (AvgIpc) is 2.04. The molecule has 3 N–H and O–H groups in total. The second-order valence-electron chi connectivity index (χ2n) is 2.41. The number of nitrogens with one attached hydrogen (secondary N) is 1. The standard InChI is InChI=1S/C6H11NO3/c8-4-2-1-3-7-6(10)5(4)9/h5-7,9-10H,1-3H2. The van der Waals surface area contributed by atoms with E-state index in [0.717, 1.165) is 0 Å². The zero-order valence-corrected chi connectivity index (χ0v) is 5.58. The fourth-order valence-electron chi connectivity index (χ4n) is 0.948. The van der Waals surface area contributed by atoms with Crippen LogP contribution < -0.4 is 5.32 Å². The summed E-state index contributed by atoms with van der Waals surface area (Å²) in [7, 11) is 0. The molecular weight excluding hydrogens is 134 g/mol. The molecule has 0 aromatic carbocycles. The molecule has 1 rings (SSSR count). The van der Waals surface area contributed by atoms with Crippen molar-refractivity contribution in [3.63, 3.8) is 0 Å². The van der Waals surface area contributed by atoms with E-state index in [1.54, 1.807) is 0 Å². The number of hydrogen-bond acceptors (Lipinski definition) is 4. The third-order valence-corrected chi connectivity index (χ3v) is 1.58. The summed E-state index contributed by atoms with van der Waals surface area (Å²) in [6.45, 7) is 0.587. The van der Waals surface area contributed by atoms with Crippen molar-refractivity contribution in [2.24, 2.45) is 0 Å². The van der Waals surface area contributed by atoms with Crippen LogP contribution in [0.5, 0.6) is 0 Å². The molecule has 0 bridgehead atoms. The minimum absolute atomic E-state index is 0.280. The van der Waals surface area contributed by atoms with Gasteiger partial charge in [0.05, 0.1) is 0 Å². The summed E-state index contributed by atoms with van der Waals surface area (Å²) in [5, 5.41) is 20.5. The van der Waals surface area contributed by atoms with Crippen LogP contribution in [-0.4, -0.2) is 34.9 Å². The maximum absolute atomic E-state index is 10.8. The largest absolute Gasteiger partial charge is 0.381 e. The third-order valence-electron chi connectivity index (χ3n) is 1.58.